The van der Waals surface area contributed by atoms with Crippen molar-refractivity contribution in [2.24, 2.45) is 5.92 Å². The van der Waals surface area contributed by atoms with Crippen molar-refractivity contribution in [2.75, 3.05) is 23.0 Å². The van der Waals surface area contributed by atoms with E-state index in [1.54, 1.807) is 40.9 Å². The SMILES string of the molecule is CSc1cccc(N2C[C@@H](C(=O)O[C@H](C)C(=O)Nc3ccccc3)CC2=O)c1. The van der Waals surface area contributed by atoms with Crippen molar-refractivity contribution < 1.29 is 19.1 Å². The second-order valence-electron chi connectivity index (χ2n) is 6.54. The lowest BCUT2D eigenvalue weighted by Gasteiger charge is -2.18. The van der Waals surface area contributed by atoms with Crippen LogP contribution >= 0.6 is 11.8 Å². The summed E-state index contributed by atoms with van der Waals surface area (Å²) in [4.78, 5) is 39.7. The summed E-state index contributed by atoms with van der Waals surface area (Å²) in [5.74, 6) is -1.65. The lowest BCUT2D eigenvalue weighted by molar-refractivity contribution is -0.157. The van der Waals surface area contributed by atoms with Gasteiger partial charge < -0.3 is 15.0 Å². The minimum absolute atomic E-state index is 0.0787. The van der Waals surface area contributed by atoms with Gasteiger partial charge in [-0.25, -0.2) is 0 Å². The Morgan fingerprint density at radius 2 is 1.93 bits per heavy atom. The fourth-order valence-corrected chi connectivity index (χ4v) is 3.44. The van der Waals surface area contributed by atoms with E-state index in [0.717, 1.165) is 10.6 Å². The van der Waals surface area contributed by atoms with E-state index in [1.165, 1.54) is 6.92 Å². The van der Waals surface area contributed by atoms with Gasteiger partial charge in [-0.2, -0.15) is 0 Å². The van der Waals surface area contributed by atoms with Gasteiger partial charge in [0.1, 0.15) is 0 Å². The molecule has 1 saturated heterocycles. The Morgan fingerprint density at radius 3 is 2.64 bits per heavy atom. The average molecular weight is 398 g/mol. The van der Waals surface area contributed by atoms with Crippen molar-refractivity contribution >= 4 is 40.9 Å². The van der Waals surface area contributed by atoms with Crippen LogP contribution in [0.1, 0.15) is 13.3 Å². The standard InChI is InChI=1S/C21H22N2O4S/c1-14(20(25)22-16-7-4-3-5-8-16)27-21(26)15-11-19(24)23(13-15)17-9-6-10-18(12-17)28-2/h3-10,12,14-15H,11,13H2,1-2H3,(H,22,25)/t14-,15+/m1/s1. The van der Waals surface area contributed by atoms with E-state index in [0.29, 0.717) is 5.69 Å². The average Bonchev–Trinajstić information content (AvgIpc) is 3.10. The summed E-state index contributed by atoms with van der Waals surface area (Å²) in [5, 5.41) is 2.70. The number of hydrogen-bond donors (Lipinski definition) is 1. The highest BCUT2D eigenvalue weighted by molar-refractivity contribution is 7.98. The highest BCUT2D eigenvalue weighted by Crippen LogP contribution is 2.29. The molecule has 1 fully saturated rings. The van der Waals surface area contributed by atoms with Crippen molar-refractivity contribution in [3.63, 3.8) is 0 Å². The summed E-state index contributed by atoms with van der Waals surface area (Å²) >= 11 is 1.59. The summed E-state index contributed by atoms with van der Waals surface area (Å²) in [5.41, 5.74) is 1.40. The van der Waals surface area contributed by atoms with Crippen LogP contribution in [0.5, 0.6) is 0 Å². The Morgan fingerprint density at radius 1 is 1.18 bits per heavy atom. The van der Waals surface area contributed by atoms with E-state index in [9.17, 15) is 14.4 Å². The Labute approximate surface area is 168 Å². The molecule has 1 N–H and O–H groups in total. The zero-order chi connectivity index (χ0) is 20.1. The number of hydrogen-bond acceptors (Lipinski definition) is 5. The van der Waals surface area contributed by atoms with Gasteiger partial charge in [0.2, 0.25) is 5.91 Å². The van der Waals surface area contributed by atoms with E-state index in [-0.39, 0.29) is 18.9 Å². The van der Waals surface area contributed by atoms with Gasteiger partial charge in [-0.05, 0) is 43.5 Å². The van der Waals surface area contributed by atoms with Crippen LogP contribution in [-0.2, 0) is 19.1 Å². The third-order valence-corrected chi connectivity index (χ3v) is 5.25. The summed E-state index contributed by atoms with van der Waals surface area (Å²) in [6.45, 7) is 1.77. The predicted octanol–water partition coefficient (Wildman–Crippen LogP) is 3.33. The Kier molecular flexibility index (Phi) is 6.36. The van der Waals surface area contributed by atoms with Crippen LogP contribution in [0.3, 0.4) is 0 Å². The van der Waals surface area contributed by atoms with Gasteiger partial charge in [0.05, 0.1) is 5.92 Å². The molecular formula is C21H22N2O4S. The molecule has 7 heteroatoms. The molecule has 0 unspecified atom stereocenters. The van der Waals surface area contributed by atoms with Crippen LogP contribution in [0.4, 0.5) is 11.4 Å². The number of para-hydroxylation sites is 1. The molecule has 0 radical (unpaired) electrons. The maximum Gasteiger partial charge on any atom is 0.312 e. The van der Waals surface area contributed by atoms with Crippen molar-refractivity contribution in [1.29, 1.82) is 0 Å². The minimum atomic E-state index is -0.948. The van der Waals surface area contributed by atoms with Gasteiger partial charge in [0, 0.05) is 29.2 Å². The summed E-state index contributed by atoms with van der Waals surface area (Å²) in [6, 6.07) is 16.6. The Hall–Kier alpha value is -2.80. The van der Waals surface area contributed by atoms with E-state index >= 15 is 0 Å². The number of amides is 2. The van der Waals surface area contributed by atoms with E-state index < -0.39 is 23.9 Å². The lowest BCUT2D eigenvalue weighted by atomic mass is 10.1. The van der Waals surface area contributed by atoms with Gasteiger partial charge in [-0.1, -0.05) is 24.3 Å². The third-order valence-electron chi connectivity index (χ3n) is 4.53. The first kappa shape index (κ1) is 19.9. The number of carbonyl (C=O) groups is 3. The molecule has 6 nitrogen and oxygen atoms in total. The van der Waals surface area contributed by atoms with Crippen molar-refractivity contribution in [2.45, 2.75) is 24.3 Å². The highest BCUT2D eigenvalue weighted by atomic mass is 32.2. The van der Waals surface area contributed by atoms with Crippen molar-refractivity contribution in [1.82, 2.24) is 0 Å². The molecule has 2 amide bonds. The zero-order valence-corrected chi connectivity index (χ0v) is 16.6. The van der Waals surface area contributed by atoms with Crippen LogP contribution in [0.25, 0.3) is 0 Å². The number of esters is 1. The number of nitrogens with one attached hydrogen (secondary N) is 1. The first-order valence-electron chi connectivity index (χ1n) is 8.98. The molecule has 0 aromatic heterocycles. The van der Waals surface area contributed by atoms with Gasteiger partial charge in [0.25, 0.3) is 5.91 Å². The molecule has 0 saturated carbocycles. The minimum Gasteiger partial charge on any atom is -0.452 e. The molecule has 3 rings (SSSR count). The van der Waals surface area contributed by atoms with Gasteiger partial charge in [-0.3, -0.25) is 14.4 Å². The fourth-order valence-electron chi connectivity index (χ4n) is 2.98. The number of rotatable bonds is 6. The number of ether oxygens (including phenoxy) is 1. The second-order valence-corrected chi connectivity index (χ2v) is 7.42. The quantitative estimate of drug-likeness (QED) is 0.597. The topological polar surface area (TPSA) is 75.7 Å². The maximum atomic E-state index is 12.5. The summed E-state index contributed by atoms with van der Waals surface area (Å²) in [7, 11) is 0. The Bertz CT molecular complexity index is 872. The molecule has 0 spiro atoms. The molecule has 2 aromatic carbocycles. The van der Waals surface area contributed by atoms with Crippen LogP contribution < -0.4 is 10.2 Å². The monoisotopic (exact) mass is 398 g/mol. The van der Waals surface area contributed by atoms with Crippen molar-refractivity contribution in [3.05, 3.63) is 54.6 Å². The predicted molar refractivity (Wildman–Crippen MR) is 109 cm³/mol. The lowest BCUT2D eigenvalue weighted by Crippen LogP contribution is -2.33. The fraction of sp³-hybridized carbons (Fsp3) is 0.286. The normalized spacial score (nSPS) is 17.3. The molecule has 2 atom stereocenters. The summed E-state index contributed by atoms with van der Waals surface area (Å²) < 4.78 is 5.31. The molecule has 1 heterocycles. The van der Waals surface area contributed by atoms with Crippen LogP contribution in [-0.4, -0.2) is 36.7 Å². The third kappa shape index (κ3) is 4.72. The van der Waals surface area contributed by atoms with E-state index in [1.807, 2.05) is 36.6 Å². The van der Waals surface area contributed by atoms with Crippen LogP contribution in [0.15, 0.2) is 59.5 Å². The Balaban J connectivity index is 1.58. The molecule has 28 heavy (non-hydrogen) atoms. The number of carbonyl (C=O) groups excluding carboxylic acids is 3. The van der Waals surface area contributed by atoms with E-state index in [2.05, 4.69) is 5.32 Å². The number of benzene rings is 2. The molecule has 1 aliphatic heterocycles. The van der Waals surface area contributed by atoms with Crippen LogP contribution in [0, 0.1) is 5.92 Å². The molecule has 0 bridgehead atoms. The zero-order valence-electron chi connectivity index (χ0n) is 15.8. The van der Waals surface area contributed by atoms with Crippen LogP contribution in [0.2, 0.25) is 0 Å². The maximum absolute atomic E-state index is 12.5. The van der Waals surface area contributed by atoms with E-state index in [4.69, 9.17) is 4.74 Å². The molecule has 2 aromatic rings. The first-order chi connectivity index (χ1) is 13.5. The summed E-state index contributed by atoms with van der Waals surface area (Å²) in [6.07, 6.45) is 1.10. The molecule has 1 aliphatic rings. The largest absolute Gasteiger partial charge is 0.452 e. The number of nitrogens with zero attached hydrogens (tertiary/aromatic N) is 1. The van der Waals surface area contributed by atoms with Gasteiger partial charge >= 0.3 is 5.97 Å². The molecule has 0 aliphatic carbocycles. The van der Waals surface area contributed by atoms with Gasteiger partial charge in [-0.15, -0.1) is 11.8 Å². The van der Waals surface area contributed by atoms with Crippen molar-refractivity contribution in [3.8, 4) is 0 Å². The molecular weight excluding hydrogens is 376 g/mol. The number of thioether (sulfide) groups is 1. The van der Waals surface area contributed by atoms with Gasteiger partial charge in [0.15, 0.2) is 6.10 Å². The second kappa shape index (κ2) is 8.93. The smallest absolute Gasteiger partial charge is 0.312 e. The highest BCUT2D eigenvalue weighted by Gasteiger charge is 2.37. The first-order valence-corrected chi connectivity index (χ1v) is 10.2. The number of anilines is 2. The molecule has 146 valence electrons.